The Bertz CT molecular complexity index is 485. The molecule has 1 atom stereocenters. The van der Waals surface area contributed by atoms with Gasteiger partial charge in [0.25, 0.3) is 0 Å². The van der Waals surface area contributed by atoms with Gasteiger partial charge in [0.05, 0.1) is 17.4 Å². The summed E-state index contributed by atoms with van der Waals surface area (Å²) in [5.74, 6) is 0.962. The fourth-order valence-electron chi connectivity index (χ4n) is 2.27. The summed E-state index contributed by atoms with van der Waals surface area (Å²) < 4.78 is 0. The van der Waals surface area contributed by atoms with Crippen LogP contribution in [0.3, 0.4) is 0 Å². The molecular weight excluding hydrogens is 198 g/mol. The highest BCUT2D eigenvalue weighted by Gasteiger charge is 2.23. The number of nitrogens with zero attached hydrogens (tertiary/aromatic N) is 1. The maximum absolute atomic E-state index is 4.08. The molecule has 3 nitrogen and oxygen atoms in total. The molecule has 2 aromatic rings. The SMILES string of the molecule is CC(CC1CC1)Nc1cccc2cn[nH]c12. The van der Waals surface area contributed by atoms with E-state index >= 15 is 0 Å². The van der Waals surface area contributed by atoms with Gasteiger partial charge >= 0.3 is 0 Å². The van der Waals surface area contributed by atoms with Crippen LogP contribution in [0.15, 0.2) is 24.4 Å². The van der Waals surface area contributed by atoms with Gasteiger partial charge in [0.15, 0.2) is 0 Å². The lowest BCUT2D eigenvalue weighted by atomic mass is 10.1. The lowest BCUT2D eigenvalue weighted by Crippen LogP contribution is -2.15. The van der Waals surface area contributed by atoms with Crippen LogP contribution in [-0.4, -0.2) is 16.2 Å². The number of aromatic amines is 1. The second-order valence-corrected chi connectivity index (χ2v) is 4.86. The van der Waals surface area contributed by atoms with E-state index in [9.17, 15) is 0 Å². The molecule has 0 aliphatic heterocycles. The third-order valence-electron chi connectivity index (χ3n) is 3.26. The van der Waals surface area contributed by atoms with Gasteiger partial charge in [-0.3, -0.25) is 5.10 Å². The molecule has 84 valence electrons. The number of para-hydroxylation sites is 1. The Labute approximate surface area is 95.2 Å². The van der Waals surface area contributed by atoms with Gasteiger partial charge < -0.3 is 5.32 Å². The zero-order chi connectivity index (χ0) is 11.0. The average Bonchev–Trinajstić information content (AvgIpc) is 2.94. The molecule has 16 heavy (non-hydrogen) atoms. The van der Waals surface area contributed by atoms with Gasteiger partial charge in [-0.15, -0.1) is 0 Å². The summed E-state index contributed by atoms with van der Waals surface area (Å²) in [4.78, 5) is 0. The lowest BCUT2D eigenvalue weighted by Gasteiger charge is -2.15. The van der Waals surface area contributed by atoms with Crippen molar-refractivity contribution >= 4 is 16.6 Å². The molecule has 1 unspecified atom stereocenters. The second kappa shape index (κ2) is 3.81. The highest BCUT2D eigenvalue weighted by Crippen LogP contribution is 2.34. The van der Waals surface area contributed by atoms with Crippen LogP contribution in [0.25, 0.3) is 10.9 Å². The van der Waals surface area contributed by atoms with E-state index in [4.69, 9.17) is 0 Å². The van der Waals surface area contributed by atoms with E-state index in [0.29, 0.717) is 6.04 Å². The van der Waals surface area contributed by atoms with E-state index < -0.39 is 0 Å². The molecule has 3 rings (SSSR count). The topological polar surface area (TPSA) is 40.7 Å². The number of rotatable bonds is 4. The minimum atomic E-state index is 0.543. The van der Waals surface area contributed by atoms with Crippen molar-refractivity contribution < 1.29 is 0 Å². The maximum atomic E-state index is 4.08. The Morgan fingerprint density at radius 2 is 2.38 bits per heavy atom. The summed E-state index contributed by atoms with van der Waals surface area (Å²) >= 11 is 0. The van der Waals surface area contributed by atoms with Crippen molar-refractivity contribution in [2.24, 2.45) is 5.92 Å². The van der Waals surface area contributed by atoms with Crippen LogP contribution in [0.2, 0.25) is 0 Å². The zero-order valence-corrected chi connectivity index (χ0v) is 9.53. The fraction of sp³-hybridized carbons (Fsp3) is 0.462. The standard InChI is InChI=1S/C13H17N3/c1-9(7-10-5-6-10)15-12-4-2-3-11-8-14-16-13(11)12/h2-4,8-10,15H,5-7H2,1H3,(H,14,16). The van der Waals surface area contributed by atoms with E-state index in [1.54, 1.807) is 0 Å². The van der Waals surface area contributed by atoms with Crippen molar-refractivity contribution in [1.29, 1.82) is 0 Å². The first-order chi connectivity index (χ1) is 7.83. The van der Waals surface area contributed by atoms with Crippen molar-refractivity contribution in [2.75, 3.05) is 5.32 Å². The molecule has 1 aromatic carbocycles. The van der Waals surface area contributed by atoms with Crippen molar-refractivity contribution in [1.82, 2.24) is 10.2 Å². The molecule has 3 heteroatoms. The Morgan fingerprint density at radius 1 is 1.50 bits per heavy atom. The number of hydrogen-bond donors (Lipinski definition) is 2. The number of H-pyrrole nitrogens is 1. The molecule has 1 heterocycles. The van der Waals surface area contributed by atoms with E-state index in [2.05, 4.69) is 40.6 Å². The molecule has 0 amide bonds. The molecule has 1 fully saturated rings. The van der Waals surface area contributed by atoms with E-state index in [-0.39, 0.29) is 0 Å². The fourth-order valence-corrected chi connectivity index (χ4v) is 2.27. The molecule has 0 bridgehead atoms. The molecule has 2 N–H and O–H groups in total. The summed E-state index contributed by atoms with van der Waals surface area (Å²) in [5.41, 5.74) is 2.29. The third-order valence-corrected chi connectivity index (χ3v) is 3.26. The normalized spacial score (nSPS) is 17.6. The van der Waals surface area contributed by atoms with Gasteiger partial charge in [0, 0.05) is 11.4 Å². The Kier molecular flexibility index (Phi) is 2.31. The van der Waals surface area contributed by atoms with E-state index in [0.717, 1.165) is 11.4 Å². The summed E-state index contributed by atoms with van der Waals surface area (Å²) in [5, 5.41) is 11.9. The van der Waals surface area contributed by atoms with E-state index in [1.165, 1.54) is 30.3 Å². The van der Waals surface area contributed by atoms with Gasteiger partial charge in [-0.2, -0.15) is 5.10 Å². The zero-order valence-electron chi connectivity index (χ0n) is 9.53. The quantitative estimate of drug-likeness (QED) is 0.822. The number of anilines is 1. The van der Waals surface area contributed by atoms with Crippen LogP contribution < -0.4 is 5.32 Å². The van der Waals surface area contributed by atoms with E-state index in [1.807, 2.05) is 6.20 Å². The van der Waals surface area contributed by atoms with Gasteiger partial charge in [0.2, 0.25) is 0 Å². The summed E-state index contributed by atoms with van der Waals surface area (Å²) in [6, 6.07) is 6.81. The van der Waals surface area contributed by atoms with Gasteiger partial charge in [0.1, 0.15) is 0 Å². The van der Waals surface area contributed by atoms with Crippen LogP contribution in [0.4, 0.5) is 5.69 Å². The molecule has 0 saturated heterocycles. The molecule has 1 aliphatic carbocycles. The Morgan fingerprint density at radius 3 is 3.19 bits per heavy atom. The number of hydrogen-bond acceptors (Lipinski definition) is 2. The highest BCUT2D eigenvalue weighted by atomic mass is 15.1. The largest absolute Gasteiger partial charge is 0.381 e. The van der Waals surface area contributed by atoms with Gasteiger partial charge in [-0.1, -0.05) is 25.0 Å². The number of fused-ring (bicyclic) bond motifs is 1. The molecular formula is C13H17N3. The van der Waals surface area contributed by atoms with Crippen LogP contribution in [-0.2, 0) is 0 Å². The minimum Gasteiger partial charge on any atom is -0.381 e. The highest BCUT2D eigenvalue weighted by molar-refractivity contribution is 5.89. The van der Waals surface area contributed by atoms with Crippen molar-refractivity contribution in [3.05, 3.63) is 24.4 Å². The minimum absolute atomic E-state index is 0.543. The van der Waals surface area contributed by atoms with Gasteiger partial charge in [-0.05, 0) is 25.3 Å². The Hall–Kier alpha value is -1.51. The number of aromatic nitrogens is 2. The smallest absolute Gasteiger partial charge is 0.0881 e. The predicted octanol–water partition coefficient (Wildman–Crippen LogP) is 3.16. The number of nitrogens with one attached hydrogen (secondary N) is 2. The molecule has 1 aromatic heterocycles. The lowest BCUT2D eigenvalue weighted by molar-refractivity contribution is 0.642. The van der Waals surface area contributed by atoms with Crippen LogP contribution in [0.5, 0.6) is 0 Å². The molecule has 1 saturated carbocycles. The summed E-state index contributed by atoms with van der Waals surface area (Å²) in [7, 11) is 0. The van der Waals surface area contributed by atoms with Crippen molar-refractivity contribution in [3.63, 3.8) is 0 Å². The van der Waals surface area contributed by atoms with Crippen molar-refractivity contribution in [3.8, 4) is 0 Å². The van der Waals surface area contributed by atoms with Gasteiger partial charge in [-0.25, -0.2) is 0 Å². The van der Waals surface area contributed by atoms with Crippen LogP contribution in [0, 0.1) is 5.92 Å². The third kappa shape index (κ3) is 1.90. The first kappa shape index (κ1) is 9.70. The summed E-state index contributed by atoms with van der Waals surface area (Å²) in [6.07, 6.45) is 5.98. The first-order valence-electron chi connectivity index (χ1n) is 6.01. The van der Waals surface area contributed by atoms with Crippen LogP contribution in [0.1, 0.15) is 26.2 Å². The van der Waals surface area contributed by atoms with Crippen molar-refractivity contribution in [2.45, 2.75) is 32.2 Å². The second-order valence-electron chi connectivity index (χ2n) is 4.86. The summed E-state index contributed by atoms with van der Waals surface area (Å²) in [6.45, 7) is 2.26. The Balaban J connectivity index is 1.79. The molecule has 1 aliphatic rings. The van der Waals surface area contributed by atoms with Crippen LogP contribution >= 0.6 is 0 Å². The molecule has 0 spiro atoms. The average molecular weight is 215 g/mol. The maximum Gasteiger partial charge on any atom is 0.0881 e. The first-order valence-corrected chi connectivity index (χ1v) is 6.01. The predicted molar refractivity (Wildman–Crippen MR) is 66.5 cm³/mol. The number of benzene rings is 1. The monoisotopic (exact) mass is 215 g/mol. The molecule has 0 radical (unpaired) electrons.